The zero-order chi connectivity index (χ0) is 9.19. The Balaban J connectivity index is 2.16. The molecule has 72 valence electrons. The third kappa shape index (κ3) is 3.46. The maximum atomic E-state index is 11.8. The van der Waals surface area contributed by atoms with E-state index in [1.807, 2.05) is 0 Å². The van der Waals surface area contributed by atoms with Crippen LogP contribution < -0.4 is 0 Å². The van der Waals surface area contributed by atoms with Gasteiger partial charge in [0.25, 0.3) is 0 Å². The lowest BCUT2D eigenvalue weighted by Gasteiger charge is -2.10. The standard InChI is InChI=1S/C9H15F3/c1-7-2-3-8(6-7)4-5-9(10,11)12/h7-8H,2-6H2,1H3. The fourth-order valence-electron chi connectivity index (χ4n) is 1.95. The van der Waals surface area contributed by atoms with Crippen molar-refractivity contribution in [3.63, 3.8) is 0 Å². The molecule has 0 N–H and O–H groups in total. The molecule has 12 heavy (non-hydrogen) atoms. The highest BCUT2D eigenvalue weighted by atomic mass is 19.4. The minimum atomic E-state index is -3.95. The van der Waals surface area contributed by atoms with Gasteiger partial charge in [-0.15, -0.1) is 0 Å². The normalized spacial score (nSPS) is 31.0. The van der Waals surface area contributed by atoms with Crippen LogP contribution in [-0.2, 0) is 0 Å². The highest BCUT2D eigenvalue weighted by molar-refractivity contribution is 4.73. The van der Waals surface area contributed by atoms with Gasteiger partial charge in [-0.3, -0.25) is 0 Å². The zero-order valence-corrected chi connectivity index (χ0v) is 7.32. The third-order valence-corrected chi connectivity index (χ3v) is 2.64. The van der Waals surface area contributed by atoms with Gasteiger partial charge in [0.15, 0.2) is 0 Å². The predicted octanol–water partition coefficient (Wildman–Crippen LogP) is 3.77. The Kier molecular flexibility index (Phi) is 3.02. The SMILES string of the molecule is CC1CCC(CCC(F)(F)F)C1. The van der Waals surface area contributed by atoms with Crippen LogP contribution in [0, 0.1) is 11.8 Å². The summed E-state index contributed by atoms with van der Waals surface area (Å²) < 4.78 is 35.4. The Morgan fingerprint density at radius 3 is 2.33 bits per heavy atom. The van der Waals surface area contributed by atoms with Gasteiger partial charge in [0.1, 0.15) is 0 Å². The Morgan fingerprint density at radius 2 is 1.92 bits per heavy atom. The molecular formula is C9H15F3. The van der Waals surface area contributed by atoms with Crippen LogP contribution in [0.4, 0.5) is 13.2 Å². The maximum Gasteiger partial charge on any atom is 0.389 e. The average Bonchev–Trinajstić information content (AvgIpc) is 2.30. The van der Waals surface area contributed by atoms with Gasteiger partial charge in [0, 0.05) is 6.42 Å². The van der Waals surface area contributed by atoms with Gasteiger partial charge in [-0.05, 0) is 24.7 Å². The number of hydrogen-bond acceptors (Lipinski definition) is 0. The van der Waals surface area contributed by atoms with Crippen LogP contribution in [0.2, 0.25) is 0 Å². The molecule has 1 aliphatic carbocycles. The molecular weight excluding hydrogens is 165 g/mol. The molecule has 2 unspecified atom stereocenters. The molecule has 0 bridgehead atoms. The predicted molar refractivity (Wildman–Crippen MR) is 41.8 cm³/mol. The number of hydrogen-bond donors (Lipinski definition) is 0. The van der Waals surface area contributed by atoms with E-state index in [-0.39, 0.29) is 0 Å². The van der Waals surface area contributed by atoms with Crippen LogP contribution in [0.1, 0.15) is 39.0 Å². The second kappa shape index (κ2) is 3.67. The molecule has 0 aromatic heterocycles. The summed E-state index contributed by atoms with van der Waals surface area (Å²) in [6.07, 6.45) is -1.10. The minimum Gasteiger partial charge on any atom is -0.171 e. The number of rotatable bonds is 2. The number of alkyl halides is 3. The summed E-state index contributed by atoms with van der Waals surface area (Å²) in [5.74, 6) is 0.977. The van der Waals surface area contributed by atoms with Crippen molar-refractivity contribution in [3.05, 3.63) is 0 Å². The molecule has 0 radical (unpaired) electrons. The first-order valence-electron chi connectivity index (χ1n) is 4.54. The summed E-state index contributed by atoms with van der Waals surface area (Å²) in [5, 5.41) is 0. The van der Waals surface area contributed by atoms with E-state index >= 15 is 0 Å². The molecule has 0 aromatic rings. The highest BCUT2D eigenvalue weighted by Gasteiger charge is 2.30. The molecule has 1 saturated carbocycles. The maximum absolute atomic E-state index is 11.8. The summed E-state index contributed by atoms with van der Waals surface area (Å²) in [6.45, 7) is 2.12. The quantitative estimate of drug-likeness (QED) is 0.606. The molecule has 0 saturated heterocycles. The average molecular weight is 180 g/mol. The van der Waals surface area contributed by atoms with Crippen molar-refractivity contribution in [2.75, 3.05) is 0 Å². The fraction of sp³-hybridized carbons (Fsp3) is 1.00. The molecule has 0 heterocycles. The first-order valence-corrected chi connectivity index (χ1v) is 4.54. The molecule has 0 nitrogen and oxygen atoms in total. The van der Waals surface area contributed by atoms with E-state index in [0.29, 0.717) is 18.3 Å². The molecule has 0 aromatic carbocycles. The number of halogens is 3. The second-order valence-electron chi connectivity index (χ2n) is 3.94. The van der Waals surface area contributed by atoms with Crippen molar-refractivity contribution in [3.8, 4) is 0 Å². The largest absolute Gasteiger partial charge is 0.389 e. The second-order valence-corrected chi connectivity index (χ2v) is 3.94. The van der Waals surface area contributed by atoms with E-state index in [4.69, 9.17) is 0 Å². The molecule has 3 heteroatoms. The first-order chi connectivity index (χ1) is 5.47. The van der Waals surface area contributed by atoms with Gasteiger partial charge in [-0.25, -0.2) is 0 Å². The van der Waals surface area contributed by atoms with Crippen molar-refractivity contribution < 1.29 is 13.2 Å². The van der Waals surface area contributed by atoms with Crippen LogP contribution in [0.25, 0.3) is 0 Å². The van der Waals surface area contributed by atoms with Gasteiger partial charge in [0.2, 0.25) is 0 Å². The Hall–Kier alpha value is -0.210. The zero-order valence-electron chi connectivity index (χ0n) is 7.32. The Morgan fingerprint density at radius 1 is 1.25 bits per heavy atom. The minimum absolute atomic E-state index is 0.335. The summed E-state index contributed by atoms with van der Waals surface area (Å²) in [6, 6.07) is 0. The lowest BCUT2D eigenvalue weighted by molar-refractivity contribution is -0.137. The van der Waals surface area contributed by atoms with Gasteiger partial charge >= 0.3 is 6.18 Å². The van der Waals surface area contributed by atoms with Crippen LogP contribution in [0.15, 0.2) is 0 Å². The van der Waals surface area contributed by atoms with Crippen LogP contribution in [-0.4, -0.2) is 6.18 Å². The van der Waals surface area contributed by atoms with Crippen molar-refractivity contribution in [1.29, 1.82) is 0 Å². The lowest BCUT2D eigenvalue weighted by atomic mass is 10.0. The highest BCUT2D eigenvalue weighted by Crippen LogP contribution is 2.35. The van der Waals surface area contributed by atoms with Gasteiger partial charge < -0.3 is 0 Å². The van der Waals surface area contributed by atoms with E-state index in [1.54, 1.807) is 0 Å². The summed E-state index contributed by atoms with van der Waals surface area (Å²) >= 11 is 0. The topological polar surface area (TPSA) is 0 Å². The van der Waals surface area contributed by atoms with Gasteiger partial charge in [-0.1, -0.05) is 19.8 Å². The molecule has 1 aliphatic rings. The molecule has 2 atom stereocenters. The van der Waals surface area contributed by atoms with E-state index in [1.165, 1.54) is 0 Å². The smallest absolute Gasteiger partial charge is 0.171 e. The van der Waals surface area contributed by atoms with Crippen molar-refractivity contribution in [2.45, 2.75) is 45.2 Å². The van der Waals surface area contributed by atoms with Crippen molar-refractivity contribution in [2.24, 2.45) is 11.8 Å². The van der Waals surface area contributed by atoms with Crippen LogP contribution in [0.3, 0.4) is 0 Å². The van der Waals surface area contributed by atoms with E-state index in [9.17, 15) is 13.2 Å². The molecule has 0 aliphatic heterocycles. The molecule has 0 spiro atoms. The summed E-state index contributed by atoms with van der Waals surface area (Å²) in [4.78, 5) is 0. The summed E-state index contributed by atoms with van der Waals surface area (Å²) in [7, 11) is 0. The fourth-order valence-corrected chi connectivity index (χ4v) is 1.95. The lowest BCUT2D eigenvalue weighted by Crippen LogP contribution is -2.09. The molecule has 1 fully saturated rings. The van der Waals surface area contributed by atoms with Crippen molar-refractivity contribution in [1.82, 2.24) is 0 Å². The van der Waals surface area contributed by atoms with Crippen LogP contribution in [0.5, 0.6) is 0 Å². The van der Waals surface area contributed by atoms with Gasteiger partial charge in [0.05, 0.1) is 0 Å². The monoisotopic (exact) mass is 180 g/mol. The van der Waals surface area contributed by atoms with Crippen LogP contribution >= 0.6 is 0 Å². The molecule has 0 amide bonds. The third-order valence-electron chi connectivity index (χ3n) is 2.64. The molecule has 1 rings (SSSR count). The van der Waals surface area contributed by atoms with Gasteiger partial charge in [-0.2, -0.15) is 13.2 Å². The Bertz CT molecular complexity index is 139. The summed E-state index contributed by atoms with van der Waals surface area (Å²) in [5.41, 5.74) is 0. The van der Waals surface area contributed by atoms with E-state index in [2.05, 4.69) is 6.92 Å². The van der Waals surface area contributed by atoms with Crippen molar-refractivity contribution >= 4 is 0 Å². The first kappa shape index (κ1) is 9.87. The Labute approximate surface area is 71.1 Å². The van der Waals surface area contributed by atoms with E-state index in [0.717, 1.165) is 19.3 Å². The van der Waals surface area contributed by atoms with E-state index < -0.39 is 12.6 Å².